The van der Waals surface area contributed by atoms with Crippen LogP contribution in [0.1, 0.15) is 19.8 Å². The van der Waals surface area contributed by atoms with E-state index in [1.165, 1.54) is 13.3 Å². The van der Waals surface area contributed by atoms with E-state index < -0.39 is 0 Å². The number of amides is 1. The predicted molar refractivity (Wildman–Crippen MR) is 61.2 cm³/mol. The lowest BCUT2D eigenvalue weighted by Gasteiger charge is -2.11. The standard InChI is InChI=1S/C11H15N3O2/c1-11(3-4-11)10(15)14-7-5-8(16-2)9(12)13-6-7/h5-6H,3-4H2,1-2H3,(H2,12,13)(H,14,15). The second kappa shape index (κ2) is 3.66. The van der Waals surface area contributed by atoms with Gasteiger partial charge in [-0.3, -0.25) is 4.79 Å². The fraction of sp³-hybridized carbons (Fsp3) is 0.455. The average Bonchev–Trinajstić information content (AvgIpc) is 3.01. The van der Waals surface area contributed by atoms with Crippen molar-refractivity contribution in [2.24, 2.45) is 5.41 Å². The van der Waals surface area contributed by atoms with Gasteiger partial charge in [-0.05, 0) is 12.8 Å². The minimum atomic E-state index is -0.200. The first-order valence-electron chi connectivity index (χ1n) is 5.16. The van der Waals surface area contributed by atoms with Crippen molar-refractivity contribution in [3.8, 4) is 5.75 Å². The number of hydrogen-bond acceptors (Lipinski definition) is 4. The number of carbonyl (C=O) groups excluding carboxylic acids is 1. The zero-order chi connectivity index (χ0) is 11.8. The zero-order valence-electron chi connectivity index (χ0n) is 9.41. The molecule has 16 heavy (non-hydrogen) atoms. The van der Waals surface area contributed by atoms with Gasteiger partial charge in [0.25, 0.3) is 0 Å². The van der Waals surface area contributed by atoms with Crippen LogP contribution in [0.15, 0.2) is 12.3 Å². The van der Waals surface area contributed by atoms with Crippen LogP contribution in [0.2, 0.25) is 0 Å². The van der Waals surface area contributed by atoms with Crippen LogP contribution in [-0.2, 0) is 4.79 Å². The van der Waals surface area contributed by atoms with Crippen molar-refractivity contribution in [3.63, 3.8) is 0 Å². The number of nitrogen functional groups attached to an aromatic ring is 1. The molecule has 3 N–H and O–H groups in total. The molecular formula is C11H15N3O2. The third-order valence-corrected chi connectivity index (χ3v) is 2.91. The molecule has 1 aromatic rings. The molecule has 1 amide bonds. The summed E-state index contributed by atoms with van der Waals surface area (Å²) < 4.78 is 5.03. The summed E-state index contributed by atoms with van der Waals surface area (Å²) in [5.74, 6) is 0.818. The molecule has 2 rings (SSSR count). The number of pyridine rings is 1. The lowest BCUT2D eigenvalue weighted by molar-refractivity contribution is -0.120. The molecule has 0 aromatic carbocycles. The van der Waals surface area contributed by atoms with E-state index in [4.69, 9.17) is 10.5 Å². The van der Waals surface area contributed by atoms with Gasteiger partial charge in [0.2, 0.25) is 5.91 Å². The highest BCUT2D eigenvalue weighted by molar-refractivity contribution is 5.96. The molecule has 1 heterocycles. The van der Waals surface area contributed by atoms with Crippen LogP contribution in [-0.4, -0.2) is 18.0 Å². The first kappa shape index (κ1) is 10.7. The largest absolute Gasteiger partial charge is 0.493 e. The highest BCUT2D eigenvalue weighted by atomic mass is 16.5. The van der Waals surface area contributed by atoms with E-state index in [2.05, 4.69) is 10.3 Å². The van der Waals surface area contributed by atoms with Crippen LogP contribution in [0.25, 0.3) is 0 Å². The Morgan fingerprint density at radius 3 is 2.88 bits per heavy atom. The lowest BCUT2D eigenvalue weighted by atomic mass is 10.1. The molecule has 0 atom stereocenters. The molecule has 1 aliphatic rings. The molecule has 1 saturated carbocycles. The van der Waals surface area contributed by atoms with E-state index in [0.717, 1.165) is 12.8 Å². The summed E-state index contributed by atoms with van der Waals surface area (Å²) in [5.41, 5.74) is 6.00. The minimum absolute atomic E-state index is 0.0288. The van der Waals surface area contributed by atoms with E-state index in [9.17, 15) is 4.79 Å². The van der Waals surface area contributed by atoms with Crippen LogP contribution in [0.5, 0.6) is 5.75 Å². The SMILES string of the molecule is COc1cc(NC(=O)C2(C)CC2)cnc1N. The number of aromatic nitrogens is 1. The van der Waals surface area contributed by atoms with Crippen molar-refractivity contribution in [1.82, 2.24) is 4.98 Å². The fourth-order valence-electron chi connectivity index (χ4n) is 1.38. The first-order chi connectivity index (χ1) is 7.55. The molecule has 5 heteroatoms. The van der Waals surface area contributed by atoms with Gasteiger partial charge in [-0.25, -0.2) is 4.98 Å². The van der Waals surface area contributed by atoms with Gasteiger partial charge in [-0.2, -0.15) is 0 Å². The van der Waals surface area contributed by atoms with Gasteiger partial charge in [0.05, 0.1) is 19.0 Å². The number of ether oxygens (including phenoxy) is 1. The molecule has 0 bridgehead atoms. The molecular weight excluding hydrogens is 206 g/mol. The smallest absolute Gasteiger partial charge is 0.230 e. The molecule has 1 aliphatic carbocycles. The summed E-state index contributed by atoms with van der Waals surface area (Å²) in [6.07, 6.45) is 3.41. The Kier molecular flexibility index (Phi) is 2.46. The second-order valence-corrected chi connectivity index (χ2v) is 4.33. The normalized spacial score (nSPS) is 16.6. The molecule has 86 valence electrons. The van der Waals surface area contributed by atoms with Gasteiger partial charge in [0.15, 0.2) is 11.6 Å². The van der Waals surface area contributed by atoms with E-state index in [0.29, 0.717) is 17.3 Å². The van der Waals surface area contributed by atoms with Gasteiger partial charge < -0.3 is 15.8 Å². The number of rotatable bonds is 3. The number of methoxy groups -OCH3 is 1. The zero-order valence-corrected chi connectivity index (χ0v) is 9.41. The van der Waals surface area contributed by atoms with E-state index >= 15 is 0 Å². The molecule has 0 radical (unpaired) electrons. The third kappa shape index (κ3) is 1.93. The Morgan fingerprint density at radius 2 is 2.31 bits per heavy atom. The number of nitrogens with two attached hydrogens (primary N) is 1. The summed E-state index contributed by atoms with van der Waals surface area (Å²) in [5, 5.41) is 2.81. The maximum Gasteiger partial charge on any atom is 0.230 e. The molecule has 1 aromatic heterocycles. The van der Waals surface area contributed by atoms with Crippen molar-refractivity contribution in [2.75, 3.05) is 18.2 Å². The van der Waals surface area contributed by atoms with Gasteiger partial charge in [-0.1, -0.05) is 6.92 Å². The molecule has 5 nitrogen and oxygen atoms in total. The number of hydrogen-bond donors (Lipinski definition) is 2. The monoisotopic (exact) mass is 221 g/mol. The molecule has 0 spiro atoms. The summed E-state index contributed by atoms with van der Waals surface area (Å²) in [6, 6.07) is 1.67. The fourth-order valence-corrected chi connectivity index (χ4v) is 1.38. The van der Waals surface area contributed by atoms with E-state index in [1.54, 1.807) is 6.07 Å². The van der Waals surface area contributed by atoms with E-state index in [-0.39, 0.29) is 11.3 Å². The van der Waals surface area contributed by atoms with Crippen molar-refractivity contribution >= 4 is 17.4 Å². The Balaban J connectivity index is 2.12. The molecule has 0 unspecified atom stereocenters. The third-order valence-electron chi connectivity index (χ3n) is 2.91. The Morgan fingerprint density at radius 1 is 1.62 bits per heavy atom. The maximum atomic E-state index is 11.8. The topological polar surface area (TPSA) is 77.2 Å². The highest BCUT2D eigenvalue weighted by Crippen LogP contribution is 2.45. The minimum Gasteiger partial charge on any atom is -0.493 e. The number of carbonyl (C=O) groups is 1. The van der Waals surface area contributed by atoms with Crippen LogP contribution >= 0.6 is 0 Å². The van der Waals surface area contributed by atoms with Crippen molar-refractivity contribution < 1.29 is 9.53 Å². The maximum absolute atomic E-state index is 11.8. The average molecular weight is 221 g/mol. The number of nitrogens with zero attached hydrogens (tertiary/aromatic N) is 1. The van der Waals surface area contributed by atoms with Gasteiger partial charge in [0.1, 0.15) is 0 Å². The van der Waals surface area contributed by atoms with Crippen molar-refractivity contribution in [1.29, 1.82) is 0 Å². The van der Waals surface area contributed by atoms with Gasteiger partial charge in [-0.15, -0.1) is 0 Å². The van der Waals surface area contributed by atoms with Crippen LogP contribution < -0.4 is 15.8 Å². The summed E-state index contributed by atoms with van der Waals surface area (Å²) in [4.78, 5) is 15.7. The lowest BCUT2D eigenvalue weighted by Crippen LogP contribution is -2.21. The Hall–Kier alpha value is -1.78. The number of nitrogens with one attached hydrogen (secondary N) is 1. The summed E-state index contributed by atoms with van der Waals surface area (Å²) in [7, 11) is 1.52. The first-order valence-corrected chi connectivity index (χ1v) is 5.16. The Bertz CT molecular complexity index is 427. The van der Waals surface area contributed by atoms with E-state index in [1.807, 2.05) is 6.92 Å². The summed E-state index contributed by atoms with van der Waals surface area (Å²) in [6.45, 7) is 1.95. The second-order valence-electron chi connectivity index (χ2n) is 4.33. The molecule has 0 saturated heterocycles. The van der Waals surface area contributed by atoms with Crippen LogP contribution in [0.4, 0.5) is 11.5 Å². The highest BCUT2D eigenvalue weighted by Gasteiger charge is 2.44. The Labute approximate surface area is 94.0 Å². The van der Waals surface area contributed by atoms with Crippen LogP contribution in [0.3, 0.4) is 0 Å². The van der Waals surface area contributed by atoms with Crippen molar-refractivity contribution in [3.05, 3.63) is 12.3 Å². The molecule has 0 aliphatic heterocycles. The van der Waals surface area contributed by atoms with Crippen molar-refractivity contribution in [2.45, 2.75) is 19.8 Å². The van der Waals surface area contributed by atoms with Crippen LogP contribution in [0, 0.1) is 5.41 Å². The predicted octanol–water partition coefficient (Wildman–Crippen LogP) is 1.41. The van der Waals surface area contributed by atoms with Gasteiger partial charge in [0, 0.05) is 11.5 Å². The van der Waals surface area contributed by atoms with Gasteiger partial charge >= 0.3 is 0 Å². The summed E-state index contributed by atoms with van der Waals surface area (Å²) >= 11 is 0. The molecule has 1 fully saturated rings. The number of anilines is 2. The quantitative estimate of drug-likeness (QED) is 0.809.